The van der Waals surface area contributed by atoms with Gasteiger partial charge in [-0.1, -0.05) is 24.8 Å². The molecule has 0 radical (unpaired) electrons. The van der Waals surface area contributed by atoms with Crippen LogP contribution in [0, 0.1) is 11.8 Å². The van der Waals surface area contributed by atoms with Gasteiger partial charge in [0, 0.05) is 12.0 Å². The molecule has 0 aromatic heterocycles. The van der Waals surface area contributed by atoms with Crippen molar-refractivity contribution in [1.82, 2.24) is 0 Å². The summed E-state index contributed by atoms with van der Waals surface area (Å²) in [4.78, 5) is 0. The number of ether oxygens (including phenoxy) is 1. The summed E-state index contributed by atoms with van der Waals surface area (Å²) in [7, 11) is 0. The molecule has 0 unspecified atom stereocenters. The summed E-state index contributed by atoms with van der Waals surface area (Å²) >= 11 is 0. The fraction of sp³-hybridized carbons (Fsp3) is 0.333. The van der Waals surface area contributed by atoms with Crippen LogP contribution in [0.2, 0.25) is 0 Å². The third-order valence-corrected chi connectivity index (χ3v) is 1.68. The van der Waals surface area contributed by atoms with Gasteiger partial charge in [0.1, 0.15) is 5.75 Å². The highest BCUT2D eigenvalue weighted by atomic mass is 19.4. The number of benzene rings is 1. The first kappa shape index (κ1) is 12.4. The van der Waals surface area contributed by atoms with Crippen LogP contribution < -0.4 is 4.74 Å². The number of rotatable bonds is 2. The summed E-state index contributed by atoms with van der Waals surface area (Å²) in [6, 6.07) is 5.65. The monoisotopic (exact) mass is 228 g/mol. The largest absolute Gasteiger partial charge is 0.573 e. The lowest BCUT2D eigenvalue weighted by atomic mass is 10.2. The predicted molar refractivity (Wildman–Crippen MR) is 54.9 cm³/mol. The highest BCUT2D eigenvalue weighted by Gasteiger charge is 2.30. The molecule has 0 bridgehead atoms. The van der Waals surface area contributed by atoms with Crippen molar-refractivity contribution in [3.8, 4) is 17.6 Å². The number of unbranched alkanes of at least 4 members (excludes halogenated alkanes) is 1. The molecule has 1 nitrogen and oxygen atoms in total. The third kappa shape index (κ3) is 4.74. The summed E-state index contributed by atoms with van der Waals surface area (Å²) in [5, 5.41) is 0. The van der Waals surface area contributed by atoms with Crippen LogP contribution in [-0.2, 0) is 0 Å². The zero-order valence-corrected chi connectivity index (χ0v) is 8.77. The molecule has 0 N–H and O–H groups in total. The van der Waals surface area contributed by atoms with Gasteiger partial charge in [0.15, 0.2) is 0 Å². The summed E-state index contributed by atoms with van der Waals surface area (Å²) < 4.78 is 39.5. The van der Waals surface area contributed by atoms with Gasteiger partial charge >= 0.3 is 6.36 Å². The normalized spacial score (nSPS) is 10.5. The number of halogens is 3. The van der Waals surface area contributed by atoms with Gasteiger partial charge in [-0.2, -0.15) is 0 Å². The molecule has 0 amide bonds. The molecular formula is C12H11F3O. The van der Waals surface area contributed by atoms with E-state index >= 15 is 0 Å². The predicted octanol–water partition coefficient (Wildman–Crippen LogP) is 3.74. The van der Waals surface area contributed by atoms with Gasteiger partial charge in [0.2, 0.25) is 0 Å². The third-order valence-electron chi connectivity index (χ3n) is 1.68. The lowest BCUT2D eigenvalue weighted by Crippen LogP contribution is -2.17. The summed E-state index contributed by atoms with van der Waals surface area (Å²) in [5.74, 6) is 5.39. The Balaban J connectivity index is 2.76. The first-order valence-electron chi connectivity index (χ1n) is 4.86. The second-order valence-electron chi connectivity index (χ2n) is 3.13. The van der Waals surface area contributed by atoms with E-state index in [0.29, 0.717) is 5.56 Å². The lowest BCUT2D eigenvalue weighted by molar-refractivity contribution is -0.274. The Morgan fingerprint density at radius 1 is 1.31 bits per heavy atom. The molecule has 0 saturated heterocycles. The van der Waals surface area contributed by atoms with E-state index in [1.54, 1.807) is 6.07 Å². The zero-order chi connectivity index (χ0) is 12.0. The highest BCUT2D eigenvalue weighted by Crippen LogP contribution is 2.22. The topological polar surface area (TPSA) is 9.23 Å². The maximum Gasteiger partial charge on any atom is 0.573 e. The minimum Gasteiger partial charge on any atom is -0.406 e. The van der Waals surface area contributed by atoms with E-state index < -0.39 is 6.36 Å². The SMILES string of the molecule is CCCC#Cc1cccc(OC(F)(F)F)c1. The van der Waals surface area contributed by atoms with Crippen molar-refractivity contribution in [3.05, 3.63) is 29.8 Å². The van der Waals surface area contributed by atoms with Crippen molar-refractivity contribution in [3.63, 3.8) is 0 Å². The molecule has 0 fully saturated rings. The molecule has 16 heavy (non-hydrogen) atoms. The second kappa shape index (κ2) is 5.45. The smallest absolute Gasteiger partial charge is 0.406 e. The standard InChI is InChI=1S/C12H11F3O/c1-2-3-4-6-10-7-5-8-11(9-10)16-12(13,14)15/h5,7-9H,2-3H2,1H3. The van der Waals surface area contributed by atoms with Crippen LogP contribution in [0.15, 0.2) is 24.3 Å². The highest BCUT2D eigenvalue weighted by molar-refractivity contribution is 5.39. The molecule has 4 heteroatoms. The Bertz CT molecular complexity index is 399. The maximum atomic E-state index is 11.9. The van der Waals surface area contributed by atoms with Crippen LogP contribution in [0.5, 0.6) is 5.75 Å². The molecule has 0 atom stereocenters. The van der Waals surface area contributed by atoms with E-state index in [4.69, 9.17) is 0 Å². The summed E-state index contributed by atoms with van der Waals surface area (Å²) in [5.41, 5.74) is 0.523. The van der Waals surface area contributed by atoms with Crippen LogP contribution in [0.25, 0.3) is 0 Å². The van der Waals surface area contributed by atoms with Crippen molar-refractivity contribution in [2.24, 2.45) is 0 Å². The van der Waals surface area contributed by atoms with E-state index in [2.05, 4.69) is 16.6 Å². The molecule has 0 aliphatic heterocycles. The van der Waals surface area contributed by atoms with Gasteiger partial charge in [-0.25, -0.2) is 0 Å². The minimum atomic E-state index is -4.66. The van der Waals surface area contributed by atoms with Crippen molar-refractivity contribution in [1.29, 1.82) is 0 Å². The molecule has 0 spiro atoms. The molecule has 0 heterocycles. The molecule has 1 aromatic carbocycles. The molecule has 0 saturated carbocycles. The molecular weight excluding hydrogens is 217 g/mol. The summed E-state index contributed by atoms with van der Waals surface area (Å²) in [6.07, 6.45) is -3.01. The van der Waals surface area contributed by atoms with E-state index in [0.717, 1.165) is 12.8 Å². The first-order chi connectivity index (χ1) is 7.51. The van der Waals surface area contributed by atoms with E-state index in [1.165, 1.54) is 18.2 Å². The molecule has 1 rings (SSSR count). The fourth-order valence-electron chi connectivity index (χ4n) is 1.06. The van der Waals surface area contributed by atoms with Crippen molar-refractivity contribution in [2.45, 2.75) is 26.1 Å². The fourth-order valence-corrected chi connectivity index (χ4v) is 1.06. The lowest BCUT2D eigenvalue weighted by Gasteiger charge is -2.08. The average molecular weight is 228 g/mol. The Hall–Kier alpha value is -1.63. The van der Waals surface area contributed by atoms with E-state index in [1.807, 2.05) is 6.92 Å². The van der Waals surface area contributed by atoms with Crippen LogP contribution >= 0.6 is 0 Å². The number of alkyl halides is 3. The number of hydrogen-bond donors (Lipinski definition) is 0. The van der Waals surface area contributed by atoms with Crippen LogP contribution in [0.4, 0.5) is 13.2 Å². The molecule has 1 aromatic rings. The van der Waals surface area contributed by atoms with E-state index in [9.17, 15) is 13.2 Å². The zero-order valence-electron chi connectivity index (χ0n) is 8.77. The quantitative estimate of drug-likeness (QED) is 0.701. The summed E-state index contributed by atoms with van der Waals surface area (Å²) in [6.45, 7) is 1.98. The van der Waals surface area contributed by atoms with Gasteiger partial charge in [0.05, 0.1) is 0 Å². The molecule has 0 aliphatic carbocycles. The second-order valence-corrected chi connectivity index (χ2v) is 3.13. The van der Waals surface area contributed by atoms with Gasteiger partial charge in [-0.3, -0.25) is 0 Å². The van der Waals surface area contributed by atoms with Crippen LogP contribution in [-0.4, -0.2) is 6.36 Å². The van der Waals surface area contributed by atoms with Crippen LogP contribution in [0.3, 0.4) is 0 Å². The minimum absolute atomic E-state index is 0.240. The van der Waals surface area contributed by atoms with Gasteiger partial charge in [-0.05, 0) is 24.6 Å². The van der Waals surface area contributed by atoms with Gasteiger partial charge in [-0.15, -0.1) is 13.2 Å². The van der Waals surface area contributed by atoms with Crippen molar-refractivity contribution >= 4 is 0 Å². The number of hydrogen-bond acceptors (Lipinski definition) is 1. The Morgan fingerprint density at radius 2 is 2.06 bits per heavy atom. The van der Waals surface area contributed by atoms with Crippen molar-refractivity contribution < 1.29 is 17.9 Å². The van der Waals surface area contributed by atoms with Crippen LogP contribution in [0.1, 0.15) is 25.3 Å². The Labute approximate surface area is 92.2 Å². The van der Waals surface area contributed by atoms with Crippen molar-refractivity contribution in [2.75, 3.05) is 0 Å². The first-order valence-corrected chi connectivity index (χ1v) is 4.86. The Kier molecular flexibility index (Phi) is 4.24. The van der Waals surface area contributed by atoms with Gasteiger partial charge < -0.3 is 4.74 Å². The Morgan fingerprint density at radius 3 is 2.69 bits per heavy atom. The average Bonchev–Trinajstić information content (AvgIpc) is 2.16. The molecule has 0 aliphatic rings. The van der Waals surface area contributed by atoms with Gasteiger partial charge in [0.25, 0.3) is 0 Å². The maximum absolute atomic E-state index is 11.9. The van der Waals surface area contributed by atoms with E-state index in [-0.39, 0.29) is 5.75 Å². The molecule has 86 valence electrons.